The van der Waals surface area contributed by atoms with Crippen molar-refractivity contribution in [3.8, 4) is 0 Å². The van der Waals surface area contributed by atoms with Crippen LogP contribution in [0.3, 0.4) is 0 Å². The minimum Gasteiger partial charge on any atom is -0.478 e. The molecule has 0 radical (unpaired) electrons. The van der Waals surface area contributed by atoms with Crippen molar-refractivity contribution in [2.45, 2.75) is 31.2 Å². The number of carboxylic acid groups (broad SMARTS) is 2. The molecule has 0 aromatic heterocycles. The molecular formula is C22H28N2O6S. The van der Waals surface area contributed by atoms with E-state index in [0.29, 0.717) is 35.6 Å². The Morgan fingerprint density at radius 2 is 1.68 bits per heavy atom. The smallest absolute Gasteiger partial charge is 0.328 e. The number of rotatable bonds is 7. The van der Waals surface area contributed by atoms with E-state index in [2.05, 4.69) is 23.5 Å². The highest BCUT2D eigenvalue weighted by Gasteiger charge is 2.26. The van der Waals surface area contributed by atoms with Crippen molar-refractivity contribution in [2.75, 3.05) is 19.6 Å². The molecule has 1 aliphatic rings. The molecule has 2 aromatic rings. The third-order valence-electron chi connectivity index (χ3n) is 5.01. The normalized spacial score (nSPS) is 19.3. The van der Waals surface area contributed by atoms with E-state index >= 15 is 0 Å². The fourth-order valence-electron chi connectivity index (χ4n) is 3.67. The first kappa shape index (κ1) is 24.5. The Morgan fingerprint density at radius 1 is 1.06 bits per heavy atom. The number of benzene rings is 2. The van der Waals surface area contributed by atoms with Gasteiger partial charge in [-0.25, -0.2) is 22.7 Å². The highest BCUT2D eigenvalue weighted by atomic mass is 32.2. The van der Waals surface area contributed by atoms with Gasteiger partial charge in [-0.3, -0.25) is 4.90 Å². The second-order valence-electron chi connectivity index (χ2n) is 7.57. The molecule has 2 aromatic carbocycles. The average molecular weight is 449 g/mol. The Bertz CT molecular complexity index is 1030. The summed E-state index contributed by atoms with van der Waals surface area (Å²) >= 11 is 0. The second kappa shape index (κ2) is 11.0. The van der Waals surface area contributed by atoms with Gasteiger partial charge in [-0.05, 0) is 30.7 Å². The number of likely N-dealkylation sites (tertiary alicyclic amines) is 1. The first-order valence-corrected chi connectivity index (χ1v) is 11.4. The fraction of sp³-hybridized carbons (Fsp3) is 0.364. The van der Waals surface area contributed by atoms with E-state index in [1.807, 2.05) is 30.3 Å². The topological polar surface area (TPSA) is 124 Å². The molecule has 3 rings (SSSR count). The van der Waals surface area contributed by atoms with Gasteiger partial charge >= 0.3 is 11.9 Å². The van der Waals surface area contributed by atoms with E-state index in [4.69, 9.17) is 10.2 Å². The van der Waals surface area contributed by atoms with Crippen molar-refractivity contribution in [1.82, 2.24) is 9.62 Å². The minimum absolute atomic E-state index is 0.360. The van der Waals surface area contributed by atoms with Gasteiger partial charge in [-0.2, -0.15) is 0 Å². The van der Waals surface area contributed by atoms with E-state index in [9.17, 15) is 18.0 Å². The van der Waals surface area contributed by atoms with Crippen LogP contribution in [0.5, 0.6) is 0 Å². The van der Waals surface area contributed by atoms with Crippen molar-refractivity contribution in [2.24, 2.45) is 5.92 Å². The van der Waals surface area contributed by atoms with Gasteiger partial charge in [0.1, 0.15) is 0 Å². The number of nitrogens with zero attached hydrogens (tertiary/aromatic N) is 1. The Balaban J connectivity index is 0.000000366. The number of fused-ring (bicyclic) bond motifs is 1. The highest BCUT2D eigenvalue weighted by Crippen LogP contribution is 2.23. The highest BCUT2D eigenvalue weighted by molar-refractivity contribution is 7.89. The van der Waals surface area contributed by atoms with Crippen LogP contribution >= 0.6 is 0 Å². The van der Waals surface area contributed by atoms with Gasteiger partial charge in [-0.15, -0.1) is 0 Å². The molecule has 0 saturated carbocycles. The monoisotopic (exact) mass is 448 g/mol. The standard InChI is InChI=1S/C18H24N2O2S.C4H4O4/c1-14-12-15(2)20(13-14)11-10-19-23(21,22)18-9-5-7-16-6-3-4-8-17(16)18;5-3(6)1-2-4(7)8/h3-9,14-15,19H,10-13H2,1-2H3;1-2H,(H,5,6)(H,7,8)/b;2-1-. The van der Waals surface area contributed by atoms with Crippen LogP contribution in [0.25, 0.3) is 10.8 Å². The summed E-state index contributed by atoms with van der Waals surface area (Å²) in [5.41, 5.74) is 0. The first-order chi connectivity index (χ1) is 14.6. The zero-order valence-electron chi connectivity index (χ0n) is 17.6. The van der Waals surface area contributed by atoms with Crippen LogP contribution in [0, 0.1) is 5.92 Å². The summed E-state index contributed by atoms with van der Waals surface area (Å²) in [6.07, 6.45) is 2.31. The largest absolute Gasteiger partial charge is 0.478 e. The molecule has 3 N–H and O–H groups in total. The molecule has 9 heteroatoms. The van der Waals surface area contributed by atoms with E-state index in [1.165, 1.54) is 6.42 Å². The van der Waals surface area contributed by atoms with Crippen molar-refractivity contribution in [1.29, 1.82) is 0 Å². The quantitative estimate of drug-likeness (QED) is 0.556. The Kier molecular flexibility index (Phi) is 8.73. The van der Waals surface area contributed by atoms with Gasteiger partial charge < -0.3 is 10.2 Å². The van der Waals surface area contributed by atoms with Crippen LogP contribution in [-0.4, -0.2) is 61.1 Å². The van der Waals surface area contributed by atoms with E-state index < -0.39 is 22.0 Å². The van der Waals surface area contributed by atoms with Crippen LogP contribution in [-0.2, 0) is 19.6 Å². The maximum Gasteiger partial charge on any atom is 0.328 e. The zero-order valence-corrected chi connectivity index (χ0v) is 18.4. The molecular weight excluding hydrogens is 420 g/mol. The lowest BCUT2D eigenvalue weighted by Crippen LogP contribution is -2.36. The molecule has 2 unspecified atom stereocenters. The summed E-state index contributed by atoms with van der Waals surface area (Å²) in [4.78, 5) is 21.8. The molecule has 1 saturated heterocycles. The third kappa shape index (κ3) is 7.46. The number of carboxylic acids is 2. The maximum absolute atomic E-state index is 12.6. The number of hydrogen-bond acceptors (Lipinski definition) is 5. The number of carbonyl (C=O) groups is 2. The lowest BCUT2D eigenvalue weighted by molar-refractivity contribution is -0.134. The van der Waals surface area contributed by atoms with Crippen molar-refractivity contribution < 1.29 is 28.2 Å². The molecule has 8 nitrogen and oxygen atoms in total. The molecule has 0 amide bonds. The summed E-state index contributed by atoms with van der Waals surface area (Å²) in [5.74, 6) is -1.82. The molecule has 2 atom stereocenters. The molecule has 0 aliphatic carbocycles. The van der Waals surface area contributed by atoms with E-state index in [0.717, 1.165) is 23.9 Å². The predicted octanol–water partition coefficient (Wildman–Crippen LogP) is 2.56. The summed E-state index contributed by atoms with van der Waals surface area (Å²) in [7, 11) is -3.49. The first-order valence-electron chi connectivity index (χ1n) is 9.95. The number of sulfonamides is 1. The van der Waals surface area contributed by atoms with Crippen molar-refractivity contribution in [3.63, 3.8) is 0 Å². The lowest BCUT2D eigenvalue weighted by Gasteiger charge is -2.21. The predicted molar refractivity (Wildman–Crippen MR) is 118 cm³/mol. The summed E-state index contributed by atoms with van der Waals surface area (Å²) < 4.78 is 28.0. The van der Waals surface area contributed by atoms with E-state index in [-0.39, 0.29) is 0 Å². The van der Waals surface area contributed by atoms with Gasteiger partial charge in [0, 0.05) is 43.2 Å². The summed E-state index contributed by atoms with van der Waals surface area (Å²) in [6.45, 7) is 6.72. The van der Waals surface area contributed by atoms with Crippen LogP contribution in [0.4, 0.5) is 0 Å². The van der Waals surface area contributed by atoms with Crippen LogP contribution in [0.1, 0.15) is 20.3 Å². The summed E-state index contributed by atoms with van der Waals surface area (Å²) in [5, 5.41) is 17.3. The van der Waals surface area contributed by atoms with Crippen LogP contribution in [0.2, 0.25) is 0 Å². The van der Waals surface area contributed by atoms with Gasteiger partial charge in [0.2, 0.25) is 10.0 Å². The number of hydrogen-bond donors (Lipinski definition) is 3. The maximum atomic E-state index is 12.6. The molecule has 1 heterocycles. The van der Waals surface area contributed by atoms with Crippen LogP contribution < -0.4 is 4.72 Å². The van der Waals surface area contributed by atoms with E-state index in [1.54, 1.807) is 12.1 Å². The van der Waals surface area contributed by atoms with Crippen LogP contribution in [0.15, 0.2) is 59.5 Å². The lowest BCUT2D eigenvalue weighted by atomic mass is 10.1. The summed E-state index contributed by atoms with van der Waals surface area (Å²) in [6, 6.07) is 13.5. The van der Waals surface area contributed by atoms with Crippen molar-refractivity contribution in [3.05, 3.63) is 54.6 Å². The second-order valence-corrected chi connectivity index (χ2v) is 9.31. The number of aliphatic carboxylic acids is 2. The molecule has 0 bridgehead atoms. The number of nitrogens with one attached hydrogen (secondary N) is 1. The van der Waals surface area contributed by atoms with Gasteiger partial charge in [-0.1, -0.05) is 43.3 Å². The van der Waals surface area contributed by atoms with Gasteiger partial charge in [0.15, 0.2) is 0 Å². The SMILES string of the molecule is CC1CC(C)N(CCNS(=O)(=O)c2cccc3ccccc23)C1.O=C(O)/C=C\C(=O)O. The third-order valence-corrected chi connectivity index (χ3v) is 6.53. The minimum atomic E-state index is -3.49. The van der Waals surface area contributed by atoms with Gasteiger partial charge in [0.05, 0.1) is 4.90 Å². The molecule has 0 spiro atoms. The van der Waals surface area contributed by atoms with Gasteiger partial charge in [0.25, 0.3) is 0 Å². The fourth-order valence-corrected chi connectivity index (χ4v) is 4.92. The average Bonchev–Trinajstić information content (AvgIpc) is 3.03. The molecule has 31 heavy (non-hydrogen) atoms. The Labute approximate surface area is 182 Å². The van der Waals surface area contributed by atoms with Crippen molar-refractivity contribution >= 4 is 32.7 Å². The zero-order chi connectivity index (χ0) is 23.0. The molecule has 1 aliphatic heterocycles. The molecule has 168 valence electrons. The Morgan fingerprint density at radius 3 is 2.26 bits per heavy atom. The Hall–Kier alpha value is -2.75. The molecule has 1 fully saturated rings.